The number of aliphatic carboxylic acids is 1. The average Bonchev–Trinajstić information content (AvgIpc) is 2.29. The van der Waals surface area contributed by atoms with Gasteiger partial charge in [0.2, 0.25) is 0 Å². The lowest BCUT2D eigenvalue weighted by Gasteiger charge is -2.21. The predicted octanol–water partition coefficient (Wildman–Crippen LogP) is 0.815. The van der Waals surface area contributed by atoms with Gasteiger partial charge in [-0.05, 0) is 19.1 Å². The summed E-state index contributed by atoms with van der Waals surface area (Å²) in [7, 11) is -3.65. The van der Waals surface area contributed by atoms with Gasteiger partial charge < -0.3 is 14.7 Å². The summed E-state index contributed by atoms with van der Waals surface area (Å²) in [6.45, 7) is 1.72. The largest absolute Gasteiger partial charge is 0.481 e. The van der Waals surface area contributed by atoms with Crippen LogP contribution in [0.4, 0.5) is 0 Å². The number of carboxylic acid groups (broad SMARTS) is 1. The highest BCUT2D eigenvalue weighted by Gasteiger charge is 2.37. The van der Waals surface area contributed by atoms with E-state index in [2.05, 4.69) is 4.98 Å². The van der Waals surface area contributed by atoms with Crippen molar-refractivity contribution in [2.75, 3.05) is 6.61 Å². The quantitative estimate of drug-likeness (QED) is 0.734. The van der Waals surface area contributed by atoms with E-state index < -0.39 is 25.6 Å². The number of hydrogen-bond acceptors (Lipinski definition) is 5. The number of carbonyl (C=O) groups is 1. The summed E-state index contributed by atoms with van der Waals surface area (Å²) in [6, 6.07) is 4.67. The molecule has 94 valence electrons. The molecule has 17 heavy (non-hydrogen) atoms. The number of carboxylic acids is 1. The van der Waals surface area contributed by atoms with Crippen LogP contribution in [0.15, 0.2) is 24.4 Å². The molecule has 0 aliphatic carbocycles. The maximum Gasteiger partial charge on any atom is 0.306 e. The molecular formula is C10H14NO5P. The summed E-state index contributed by atoms with van der Waals surface area (Å²) in [5.41, 5.74) is 0.0793. The Bertz CT molecular complexity index is 422. The Balaban J connectivity index is 3.05. The summed E-state index contributed by atoms with van der Waals surface area (Å²) in [6.07, 6.45) is 0.766. The summed E-state index contributed by atoms with van der Waals surface area (Å²) >= 11 is 0. The van der Waals surface area contributed by atoms with E-state index >= 15 is 0 Å². The molecule has 6 nitrogen and oxygen atoms in total. The van der Waals surface area contributed by atoms with Crippen molar-refractivity contribution in [2.45, 2.75) is 19.2 Å². The van der Waals surface area contributed by atoms with Gasteiger partial charge in [-0.2, -0.15) is 0 Å². The van der Waals surface area contributed by atoms with Gasteiger partial charge in [0.25, 0.3) is 7.37 Å². The molecule has 7 heteroatoms. The smallest absolute Gasteiger partial charge is 0.306 e. The number of aliphatic hydroxyl groups excluding tert-OH is 1. The van der Waals surface area contributed by atoms with Crippen molar-refractivity contribution in [1.29, 1.82) is 0 Å². The van der Waals surface area contributed by atoms with Crippen molar-refractivity contribution in [3.63, 3.8) is 0 Å². The van der Waals surface area contributed by atoms with Gasteiger partial charge in [0.1, 0.15) is 11.3 Å². The third kappa shape index (κ3) is 3.36. The van der Waals surface area contributed by atoms with Gasteiger partial charge >= 0.3 is 5.97 Å². The van der Waals surface area contributed by atoms with Crippen LogP contribution in [-0.2, 0) is 13.9 Å². The van der Waals surface area contributed by atoms with Gasteiger partial charge in [0.15, 0.2) is 0 Å². The lowest BCUT2D eigenvalue weighted by Crippen LogP contribution is -2.24. The predicted molar refractivity (Wildman–Crippen MR) is 61.4 cm³/mol. The monoisotopic (exact) mass is 259 g/mol. The average molecular weight is 259 g/mol. The second-order valence-electron chi connectivity index (χ2n) is 3.28. The Morgan fingerprint density at radius 1 is 1.59 bits per heavy atom. The summed E-state index contributed by atoms with van der Waals surface area (Å²) in [4.78, 5) is 14.4. The van der Waals surface area contributed by atoms with Gasteiger partial charge in [-0.25, -0.2) is 0 Å². The van der Waals surface area contributed by atoms with Gasteiger partial charge in [0, 0.05) is 6.20 Å². The molecule has 1 rings (SSSR count). The number of aliphatic hydroxyl groups is 1. The first kappa shape index (κ1) is 13.8. The molecule has 0 fully saturated rings. The van der Waals surface area contributed by atoms with E-state index in [0.29, 0.717) is 0 Å². The van der Waals surface area contributed by atoms with E-state index in [1.54, 1.807) is 19.1 Å². The van der Waals surface area contributed by atoms with Crippen LogP contribution in [0.3, 0.4) is 0 Å². The zero-order valence-corrected chi connectivity index (χ0v) is 10.2. The lowest BCUT2D eigenvalue weighted by atomic mass is 10.5. The van der Waals surface area contributed by atoms with E-state index in [1.807, 2.05) is 0 Å². The minimum absolute atomic E-state index is 0.0793. The van der Waals surface area contributed by atoms with E-state index in [0.717, 1.165) is 0 Å². The van der Waals surface area contributed by atoms with Crippen LogP contribution in [0.1, 0.15) is 13.3 Å². The highest BCUT2D eigenvalue weighted by molar-refractivity contribution is 7.67. The summed E-state index contributed by atoms with van der Waals surface area (Å²) < 4.78 is 17.5. The molecule has 0 saturated heterocycles. The summed E-state index contributed by atoms with van der Waals surface area (Å²) in [5, 5.41) is 18.3. The minimum Gasteiger partial charge on any atom is -0.481 e. The van der Waals surface area contributed by atoms with E-state index in [1.165, 1.54) is 12.3 Å². The van der Waals surface area contributed by atoms with Crippen LogP contribution in [0.25, 0.3) is 0 Å². The van der Waals surface area contributed by atoms with Gasteiger partial charge in [0.05, 0.1) is 13.0 Å². The fourth-order valence-corrected chi connectivity index (χ4v) is 3.22. The zero-order valence-electron chi connectivity index (χ0n) is 9.31. The Kier molecular flexibility index (Phi) is 4.81. The van der Waals surface area contributed by atoms with Crippen LogP contribution < -0.4 is 5.44 Å². The third-order valence-corrected chi connectivity index (χ3v) is 4.55. The molecule has 0 saturated carbocycles. The molecule has 0 amide bonds. The molecule has 1 heterocycles. The minimum atomic E-state index is -3.65. The molecule has 0 aromatic carbocycles. The zero-order chi connectivity index (χ0) is 12.9. The third-order valence-electron chi connectivity index (χ3n) is 2.04. The van der Waals surface area contributed by atoms with Crippen molar-refractivity contribution in [2.24, 2.45) is 0 Å². The second-order valence-corrected chi connectivity index (χ2v) is 5.79. The number of rotatable bonds is 6. The Morgan fingerprint density at radius 3 is 2.76 bits per heavy atom. The highest BCUT2D eigenvalue weighted by Crippen LogP contribution is 2.50. The number of pyridine rings is 1. The maximum atomic E-state index is 12.5. The van der Waals surface area contributed by atoms with Gasteiger partial charge in [-0.15, -0.1) is 0 Å². The van der Waals surface area contributed by atoms with Crippen LogP contribution in [0.2, 0.25) is 0 Å². The molecule has 1 aromatic rings. The summed E-state index contributed by atoms with van der Waals surface area (Å²) in [5.74, 6) is -2.83. The van der Waals surface area contributed by atoms with Gasteiger partial charge in [-0.3, -0.25) is 14.3 Å². The molecule has 1 aromatic heterocycles. The first-order valence-electron chi connectivity index (χ1n) is 5.06. The second kappa shape index (κ2) is 5.91. The lowest BCUT2D eigenvalue weighted by molar-refractivity contribution is -0.138. The van der Waals surface area contributed by atoms with Gasteiger partial charge in [-0.1, -0.05) is 6.07 Å². The Labute approximate surface area is 98.7 Å². The molecule has 0 radical (unpaired) electrons. The van der Waals surface area contributed by atoms with Crippen molar-refractivity contribution in [3.05, 3.63) is 24.4 Å². The van der Waals surface area contributed by atoms with Crippen molar-refractivity contribution in [3.8, 4) is 0 Å². The SMILES string of the molecule is CCOP(=O)(c1ccccn1)C(O)CC(=O)O. The number of nitrogens with zero attached hydrogens (tertiary/aromatic N) is 1. The molecule has 2 unspecified atom stereocenters. The Morgan fingerprint density at radius 2 is 2.29 bits per heavy atom. The van der Waals surface area contributed by atoms with Crippen LogP contribution in [-0.4, -0.2) is 33.6 Å². The Hall–Kier alpha value is -1.23. The van der Waals surface area contributed by atoms with Crippen LogP contribution in [0.5, 0.6) is 0 Å². The first-order chi connectivity index (χ1) is 8.00. The normalized spacial score (nSPS) is 16.1. The van der Waals surface area contributed by atoms with Crippen LogP contribution >= 0.6 is 7.37 Å². The molecule has 0 aliphatic heterocycles. The van der Waals surface area contributed by atoms with E-state index in [-0.39, 0.29) is 12.0 Å². The maximum absolute atomic E-state index is 12.5. The van der Waals surface area contributed by atoms with Crippen molar-refractivity contribution in [1.82, 2.24) is 4.98 Å². The first-order valence-corrected chi connectivity index (χ1v) is 6.75. The van der Waals surface area contributed by atoms with E-state index in [4.69, 9.17) is 9.63 Å². The molecule has 0 bridgehead atoms. The molecule has 0 spiro atoms. The number of aromatic nitrogens is 1. The molecule has 2 N–H and O–H groups in total. The fourth-order valence-electron chi connectivity index (χ4n) is 1.31. The molecular weight excluding hydrogens is 245 g/mol. The van der Waals surface area contributed by atoms with Crippen LogP contribution in [0, 0.1) is 0 Å². The fraction of sp³-hybridized carbons (Fsp3) is 0.400. The van der Waals surface area contributed by atoms with Crippen molar-refractivity contribution < 1.29 is 24.1 Å². The topological polar surface area (TPSA) is 96.7 Å². The molecule has 2 atom stereocenters. The number of hydrogen-bond donors (Lipinski definition) is 2. The van der Waals surface area contributed by atoms with Crippen molar-refractivity contribution >= 4 is 18.8 Å². The standard InChI is InChI=1S/C10H14NO5P/c1-2-16-17(15,10(14)7-9(12)13)8-5-3-4-6-11-8/h3-6,10,14H,2,7H2,1H3,(H,12,13). The van der Waals surface area contributed by atoms with E-state index in [9.17, 15) is 14.5 Å². The highest BCUT2D eigenvalue weighted by atomic mass is 31.2. The molecule has 0 aliphatic rings.